The largest absolute Gasteiger partial charge is 0.464 e. The van der Waals surface area contributed by atoms with Gasteiger partial charge >= 0.3 is 5.97 Å². The summed E-state index contributed by atoms with van der Waals surface area (Å²) in [6.07, 6.45) is 0. The van der Waals surface area contributed by atoms with E-state index in [9.17, 15) is 4.79 Å². The van der Waals surface area contributed by atoms with Crippen LogP contribution in [0.3, 0.4) is 0 Å². The summed E-state index contributed by atoms with van der Waals surface area (Å²) in [5.41, 5.74) is 1.20. The first-order chi connectivity index (χ1) is 7.93. The number of carbonyl (C=O) groups excluding carboxylic acids is 1. The Kier molecular flexibility index (Phi) is 2.64. The van der Waals surface area contributed by atoms with Crippen molar-refractivity contribution in [3.63, 3.8) is 0 Å². The molecule has 0 saturated carbocycles. The van der Waals surface area contributed by atoms with Crippen molar-refractivity contribution in [1.29, 1.82) is 0 Å². The van der Waals surface area contributed by atoms with E-state index in [1.54, 1.807) is 0 Å². The number of hydrogen-bond acceptors (Lipinski definition) is 3. The van der Waals surface area contributed by atoms with Gasteiger partial charge in [0, 0.05) is 11.1 Å². The molecule has 1 unspecified atom stereocenters. The monoisotopic (exact) mass is 233 g/mol. The zero-order valence-corrected chi connectivity index (χ0v) is 10.8. The van der Waals surface area contributed by atoms with Crippen LogP contribution in [0.1, 0.15) is 33.3 Å². The molecule has 1 aromatic carbocycles. The fraction of sp³-hybridized carbons (Fsp3) is 0.500. The van der Waals surface area contributed by atoms with E-state index in [0.717, 1.165) is 11.3 Å². The van der Waals surface area contributed by atoms with Crippen molar-refractivity contribution in [2.75, 3.05) is 11.9 Å². The molecule has 1 atom stereocenters. The molecule has 2 rings (SSSR count). The highest BCUT2D eigenvalue weighted by Crippen LogP contribution is 2.47. The number of hydrogen-bond donors (Lipinski definition) is 1. The first kappa shape index (κ1) is 12.0. The van der Waals surface area contributed by atoms with Crippen LogP contribution >= 0.6 is 0 Å². The molecule has 0 bridgehead atoms. The maximum Gasteiger partial charge on any atom is 0.332 e. The molecule has 0 spiro atoms. The maximum absolute atomic E-state index is 12.2. The van der Waals surface area contributed by atoms with Gasteiger partial charge in [0.1, 0.15) is 5.54 Å². The number of benzene rings is 1. The summed E-state index contributed by atoms with van der Waals surface area (Å²) in [4.78, 5) is 12.2. The predicted molar refractivity (Wildman–Crippen MR) is 68.1 cm³/mol. The molecular formula is C14H19NO2. The number of carbonyl (C=O) groups is 1. The standard InChI is InChI=1S/C14H19NO2/c1-5-17-12(16)14(4)13(2,3)10-8-6-7-9-11(10)15-14/h6-9,15H,5H2,1-4H3. The quantitative estimate of drug-likeness (QED) is 0.798. The summed E-state index contributed by atoms with van der Waals surface area (Å²) in [5.74, 6) is -0.193. The highest BCUT2D eigenvalue weighted by molar-refractivity contribution is 5.90. The van der Waals surface area contributed by atoms with Gasteiger partial charge < -0.3 is 10.1 Å². The number of para-hydroxylation sites is 1. The van der Waals surface area contributed by atoms with Gasteiger partial charge in [-0.05, 0) is 25.5 Å². The van der Waals surface area contributed by atoms with Gasteiger partial charge in [-0.1, -0.05) is 32.0 Å². The highest BCUT2D eigenvalue weighted by Gasteiger charge is 2.54. The Balaban J connectivity index is 2.45. The van der Waals surface area contributed by atoms with Crippen LogP contribution in [-0.2, 0) is 14.9 Å². The van der Waals surface area contributed by atoms with Gasteiger partial charge in [-0.15, -0.1) is 0 Å². The Morgan fingerprint density at radius 1 is 1.29 bits per heavy atom. The summed E-state index contributed by atoms with van der Waals surface area (Å²) in [7, 11) is 0. The lowest BCUT2D eigenvalue weighted by Gasteiger charge is -2.36. The predicted octanol–water partition coefficient (Wildman–Crippen LogP) is 2.71. The van der Waals surface area contributed by atoms with E-state index in [0.29, 0.717) is 6.61 Å². The highest BCUT2D eigenvalue weighted by atomic mass is 16.5. The summed E-state index contributed by atoms with van der Waals surface area (Å²) >= 11 is 0. The second-order valence-electron chi connectivity index (χ2n) is 5.14. The van der Waals surface area contributed by atoms with Crippen molar-refractivity contribution in [2.24, 2.45) is 0 Å². The Labute approximate surface area is 102 Å². The third-order valence-corrected chi connectivity index (χ3v) is 3.92. The Hall–Kier alpha value is -1.51. The first-order valence-corrected chi connectivity index (χ1v) is 5.98. The molecule has 1 aromatic rings. The van der Waals surface area contributed by atoms with Crippen LogP contribution in [0.4, 0.5) is 5.69 Å². The second-order valence-corrected chi connectivity index (χ2v) is 5.14. The van der Waals surface area contributed by atoms with Crippen LogP contribution in [0.2, 0.25) is 0 Å². The van der Waals surface area contributed by atoms with Crippen molar-refractivity contribution in [2.45, 2.75) is 38.6 Å². The van der Waals surface area contributed by atoms with E-state index in [-0.39, 0.29) is 11.4 Å². The van der Waals surface area contributed by atoms with Gasteiger partial charge in [0.05, 0.1) is 6.61 Å². The topological polar surface area (TPSA) is 38.3 Å². The summed E-state index contributed by atoms with van der Waals surface area (Å²) in [5, 5.41) is 3.31. The molecule has 17 heavy (non-hydrogen) atoms. The van der Waals surface area contributed by atoms with E-state index < -0.39 is 5.54 Å². The Bertz CT molecular complexity index is 453. The van der Waals surface area contributed by atoms with Crippen molar-refractivity contribution >= 4 is 11.7 Å². The van der Waals surface area contributed by atoms with Crippen LogP contribution in [0, 0.1) is 0 Å². The van der Waals surface area contributed by atoms with Crippen LogP contribution in [-0.4, -0.2) is 18.1 Å². The lowest BCUT2D eigenvalue weighted by molar-refractivity contribution is -0.149. The molecule has 3 nitrogen and oxygen atoms in total. The first-order valence-electron chi connectivity index (χ1n) is 5.98. The average Bonchev–Trinajstić information content (AvgIpc) is 2.49. The normalized spacial score (nSPS) is 24.9. The zero-order chi connectivity index (χ0) is 12.7. The van der Waals surface area contributed by atoms with Crippen molar-refractivity contribution < 1.29 is 9.53 Å². The lowest BCUT2D eigenvalue weighted by atomic mass is 9.72. The second kappa shape index (κ2) is 3.76. The minimum absolute atomic E-state index is 0.193. The Morgan fingerprint density at radius 2 is 1.94 bits per heavy atom. The van der Waals surface area contributed by atoms with Crippen LogP contribution in [0.5, 0.6) is 0 Å². The van der Waals surface area contributed by atoms with E-state index in [1.807, 2.05) is 32.0 Å². The number of ether oxygens (including phenoxy) is 1. The van der Waals surface area contributed by atoms with E-state index in [2.05, 4.69) is 25.2 Å². The van der Waals surface area contributed by atoms with Crippen molar-refractivity contribution in [1.82, 2.24) is 0 Å². The molecule has 1 heterocycles. The molecule has 1 aliphatic rings. The fourth-order valence-corrected chi connectivity index (χ4v) is 2.41. The van der Waals surface area contributed by atoms with Crippen LogP contribution in [0.25, 0.3) is 0 Å². The fourth-order valence-electron chi connectivity index (χ4n) is 2.41. The molecule has 0 amide bonds. The van der Waals surface area contributed by atoms with Gasteiger partial charge in [0.2, 0.25) is 0 Å². The minimum atomic E-state index is -0.702. The van der Waals surface area contributed by atoms with Gasteiger partial charge in [-0.3, -0.25) is 0 Å². The molecule has 0 aromatic heterocycles. The van der Waals surface area contributed by atoms with Gasteiger partial charge in [0.25, 0.3) is 0 Å². The smallest absolute Gasteiger partial charge is 0.332 e. The molecule has 1 aliphatic heterocycles. The minimum Gasteiger partial charge on any atom is -0.464 e. The number of nitrogens with one attached hydrogen (secondary N) is 1. The summed E-state index contributed by atoms with van der Waals surface area (Å²) in [6, 6.07) is 8.03. The molecular weight excluding hydrogens is 214 g/mol. The average molecular weight is 233 g/mol. The summed E-state index contributed by atoms with van der Waals surface area (Å²) in [6.45, 7) is 8.29. The number of fused-ring (bicyclic) bond motifs is 1. The van der Waals surface area contributed by atoms with Gasteiger partial charge in [-0.2, -0.15) is 0 Å². The third kappa shape index (κ3) is 1.53. The SMILES string of the molecule is CCOC(=O)C1(C)Nc2ccccc2C1(C)C. The van der Waals surface area contributed by atoms with E-state index in [4.69, 9.17) is 4.74 Å². The molecule has 92 valence electrons. The Morgan fingerprint density at radius 3 is 2.53 bits per heavy atom. The number of esters is 1. The molecule has 0 aliphatic carbocycles. The van der Waals surface area contributed by atoms with E-state index >= 15 is 0 Å². The molecule has 0 fully saturated rings. The lowest BCUT2D eigenvalue weighted by Crippen LogP contribution is -2.53. The summed E-state index contributed by atoms with van der Waals surface area (Å²) < 4.78 is 5.19. The van der Waals surface area contributed by atoms with Crippen molar-refractivity contribution in [3.8, 4) is 0 Å². The van der Waals surface area contributed by atoms with E-state index in [1.165, 1.54) is 0 Å². The van der Waals surface area contributed by atoms with Gasteiger partial charge in [0.15, 0.2) is 0 Å². The molecule has 1 N–H and O–H groups in total. The third-order valence-electron chi connectivity index (χ3n) is 3.92. The van der Waals surface area contributed by atoms with Crippen molar-refractivity contribution in [3.05, 3.63) is 29.8 Å². The zero-order valence-electron chi connectivity index (χ0n) is 10.8. The number of anilines is 1. The maximum atomic E-state index is 12.2. The van der Waals surface area contributed by atoms with Crippen LogP contribution in [0.15, 0.2) is 24.3 Å². The number of rotatable bonds is 2. The molecule has 0 radical (unpaired) electrons. The van der Waals surface area contributed by atoms with Crippen LogP contribution < -0.4 is 5.32 Å². The molecule has 3 heteroatoms. The molecule has 0 saturated heterocycles. The van der Waals surface area contributed by atoms with Gasteiger partial charge in [-0.25, -0.2) is 4.79 Å².